The zero-order valence-electron chi connectivity index (χ0n) is 9.81. The summed E-state index contributed by atoms with van der Waals surface area (Å²) >= 11 is 0. The van der Waals surface area contributed by atoms with E-state index >= 15 is 0 Å². The van der Waals surface area contributed by atoms with Crippen LogP contribution in [0.4, 0.5) is 0 Å². The van der Waals surface area contributed by atoms with E-state index in [1.165, 1.54) is 6.26 Å². The van der Waals surface area contributed by atoms with Crippen LogP contribution in [0.2, 0.25) is 0 Å². The normalized spacial score (nSPS) is 14.3. The molecule has 0 saturated heterocycles. The second-order valence-corrected chi connectivity index (χ2v) is 4.51. The van der Waals surface area contributed by atoms with Gasteiger partial charge in [-0.05, 0) is 35.7 Å². The van der Waals surface area contributed by atoms with E-state index in [1.807, 2.05) is 12.1 Å². The Labute approximate surface area is 104 Å². The van der Waals surface area contributed by atoms with Gasteiger partial charge in [0.2, 0.25) is 5.78 Å². The monoisotopic (exact) mass is 240 g/mol. The molecule has 18 heavy (non-hydrogen) atoms. The molecule has 0 atom stereocenters. The molecule has 0 amide bonds. The second kappa shape index (κ2) is 4.26. The van der Waals surface area contributed by atoms with Crippen molar-refractivity contribution >= 4 is 11.6 Å². The van der Waals surface area contributed by atoms with Gasteiger partial charge in [-0.15, -0.1) is 0 Å². The van der Waals surface area contributed by atoms with E-state index < -0.39 is 0 Å². The van der Waals surface area contributed by atoms with Crippen LogP contribution in [0.1, 0.15) is 33.7 Å². The molecule has 0 fully saturated rings. The zero-order valence-corrected chi connectivity index (χ0v) is 9.81. The maximum Gasteiger partial charge on any atom is 0.228 e. The van der Waals surface area contributed by atoms with E-state index in [0.717, 1.165) is 17.5 Å². The molecule has 0 unspecified atom stereocenters. The smallest absolute Gasteiger partial charge is 0.228 e. The van der Waals surface area contributed by atoms with Crippen LogP contribution in [0.25, 0.3) is 0 Å². The number of fused-ring (bicyclic) bond motifs is 1. The summed E-state index contributed by atoms with van der Waals surface area (Å²) in [6.07, 6.45) is 3.29. The highest BCUT2D eigenvalue weighted by molar-refractivity contribution is 6.07. The number of Topliss-reactive ketones (excluding diaryl/α,β-unsaturated/α-hetero) is 1. The Balaban J connectivity index is 1.95. The van der Waals surface area contributed by atoms with E-state index in [2.05, 4.69) is 0 Å². The number of furan rings is 1. The van der Waals surface area contributed by atoms with Crippen molar-refractivity contribution in [2.24, 2.45) is 0 Å². The molecule has 1 heterocycles. The Hall–Kier alpha value is -2.16. The Bertz CT molecular complexity index is 609. The van der Waals surface area contributed by atoms with Gasteiger partial charge in [0.05, 0.1) is 6.26 Å². The molecule has 0 spiro atoms. The van der Waals surface area contributed by atoms with Crippen LogP contribution in [0.3, 0.4) is 0 Å². The number of rotatable bonds is 2. The van der Waals surface area contributed by atoms with Crippen LogP contribution in [0.15, 0.2) is 41.0 Å². The lowest BCUT2D eigenvalue weighted by Gasteiger charge is -2.15. The number of hydrogen-bond donors (Lipinski definition) is 0. The fraction of sp³-hybridized carbons (Fsp3) is 0.200. The van der Waals surface area contributed by atoms with Crippen molar-refractivity contribution in [3.63, 3.8) is 0 Å². The lowest BCUT2D eigenvalue weighted by Crippen LogP contribution is -2.14. The second-order valence-electron chi connectivity index (χ2n) is 4.51. The third kappa shape index (κ3) is 1.88. The topological polar surface area (TPSA) is 47.3 Å². The van der Waals surface area contributed by atoms with Crippen molar-refractivity contribution in [3.05, 3.63) is 59.0 Å². The lowest BCUT2D eigenvalue weighted by atomic mass is 9.89. The minimum atomic E-state index is -0.111. The standard InChI is InChI=1S/C15H12O3/c16-13-6-5-10-8-12(4-3-11(10)9-13)15(17)14-2-1-7-18-14/h1-4,7-8H,5-6,9H2. The van der Waals surface area contributed by atoms with E-state index in [4.69, 9.17) is 4.42 Å². The maximum atomic E-state index is 12.1. The highest BCUT2D eigenvalue weighted by Crippen LogP contribution is 2.22. The van der Waals surface area contributed by atoms with E-state index in [1.54, 1.807) is 18.2 Å². The fourth-order valence-electron chi connectivity index (χ4n) is 2.30. The third-order valence-corrected chi connectivity index (χ3v) is 3.27. The van der Waals surface area contributed by atoms with Crippen LogP contribution < -0.4 is 0 Å². The highest BCUT2D eigenvalue weighted by atomic mass is 16.3. The fourth-order valence-corrected chi connectivity index (χ4v) is 2.30. The van der Waals surface area contributed by atoms with E-state index in [9.17, 15) is 9.59 Å². The summed E-state index contributed by atoms with van der Waals surface area (Å²) in [6.45, 7) is 0. The zero-order chi connectivity index (χ0) is 12.5. The summed E-state index contributed by atoms with van der Waals surface area (Å²) < 4.78 is 5.11. The summed E-state index contributed by atoms with van der Waals surface area (Å²) in [4.78, 5) is 23.4. The first-order chi connectivity index (χ1) is 8.74. The van der Waals surface area contributed by atoms with Gasteiger partial charge in [-0.25, -0.2) is 0 Å². The van der Waals surface area contributed by atoms with Crippen LogP contribution >= 0.6 is 0 Å². The minimum Gasteiger partial charge on any atom is -0.461 e. The molecule has 3 nitrogen and oxygen atoms in total. The molecular formula is C15H12O3. The molecule has 1 aliphatic carbocycles. The number of ketones is 2. The van der Waals surface area contributed by atoms with Gasteiger partial charge >= 0.3 is 0 Å². The van der Waals surface area contributed by atoms with Gasteiger partial charge in [0.25, 0.3) is 0 Å². The number of aryl methyl sites for hydroxylation is 1. The van der Waals surface area contributed by atoms with Gasteiger partial charge in [0.15, 0.2) is 5.76 Å². The predicted molar refractivity (Wildman–Crippen MR) is 65.6 cm³/mol. The highest BCUT2D eigenvalue weighted by Gasteiger charge is 2.18. The summed E-state index contributed by atoms with van der Waals surface area (Å²) in [7, 11) is 0. The third-order valence-electron chi connectivity index (χ3n) is 3.27. The molecule has 0 bridgehead atoms. The number of hydrogen-bond acceptors (Lipinski definition) is 3. The summed E-state index contributed by atoms with van der Waals surface area (Å²) in [5.41, 5.74) is 2.77. The molecule has 1 aliphatic rings. The first-order valence-electron chi connectivity index (χ1n) is 5.96. The molecule has 2 aromatic rings. The van der Waals surface area contributed by atoms with Gasteiger partial charge < -0.3 is 4.42 Å². The van der Waals surface area contributed by atoms with Crippen LogP contribution in [-0.2, 0) is 17.6 Å². The van der Waals surface area contributed by atoms with Crippen molar-refractivity contribution in [2.45, 2.75) is 19.3 Å². The SMILES string of the molecule is O=C1CCc2cc(C(=O)c3ccco3)ccc2C1. The molecule has 3 heteroatoms. The van der Waals surface area contributed by atoms with Gasteiger partial charge in [0.1, 0.15) is 5.78 Å². The summed E-state index contributed by atoms with van der Waals surface area (Å²) in [5.74, 6) is 0.508. The minimum absolute atomic E-state index is 0.111. The number of carbonyl (C=O) groups excluding carboxylic acids is 2. The van der Waals surface area contributed by atoms with Crippen LogP contribution in [-0.4, -0.2) is 11.6 Å². The first-order valence-corrected chi connectivity index (χ1v) is 5.96. The molecule has 90 valence electrons. The Kier molecular flexibility index (Phi) is 2.59. The Morgan fingerprint density at radius 2 is 2.00 bits per heavy atom. The number of carbonyl (C=O) groups is 2. The molecule has 1 aromatic heterocycles. The molecule has 0 aliphatic heterocycles. The van der Waals surface area contributed by atoms with Crippen molar-refractivity contribution in [2.75, 3.05) is 0 Å². The van der Waals surface area contributed by atoms with E-state index in [-0.39, 0.29) is 11.6 Å². The maximum absolute atomic E-state index is 12.1. The van der Waals surface area contributed by atoms with Gasteiger partial charge in [-0.1, -0.05) is 12.1 Å². The molecule has 0 radical (unpaired) electrons. The average molecular weight is 240 g/mol. The number of benzene rings is 1. The molecule has 0 N–H and O–H groups in total. The predicted octanol–water partition coefficient (Wildman–Crippen LogP) is 2.57. The molecule has 1 aromatic carbocycles. The van der Waals surface area contributed by atoms with Gasteiger partial charge in [0, 0.05) is 18.4 Å². The average Bonchev–Trinajstić information content (AvgIpc) is 2.91. The first kappa shape index (κ1) is 11.0. The summed E-state index contributed by atoms with van der Waals surface area (Å²) in [5, 5.41) is 0. The molecule has 3 rings (SSSR count). The van der Waals surface area contributed by atoms with Gasteiger partial charge in [-0.2, -0.15) is 0 Å². The quantitative estimate of drug-likeness (QED) is 0.758. The van der Waals surface area contributed by atoms with Gasteiger partial charge in [-0.3, -0.25) is 9.59 Å². The van der Waals surface area contributed by atoms with Crippen molar-refractivity contribution in [3.8, 4) is 0 Å². The van der Waals surface area contributed by atoms with Crippen LogP contribution in [0, 0.1) is 0 Å². The van der Waals surface area contributed by atoms with E-state index in [0.29, 0.717) is 24.2 Å². The summed E-state index contributed by atoms with van der Waals surface area (Å²) in [6, 6.07) is 8.88. The largest absolute Gasteiger partial charge is 0.461 e. The van der Waals surface area contributed by atoms with Crippen LogP contribution in [0.5, 0.6) is 0 Å². The lowest BCUT2D eigenvalue weighted by molar-refractivity contribution is -0.118. The van der Waals surface area contributed by atoms with Crippen molar-refractivity contribution in [1.29, 1.82) is 0 Å². The molecular weight excluding hydrogens is 228 g/mol. The van der Waals surface area contributed by atoms with Crippen molar-refractivity contribution < 1.29 is 14.0 Å². The Morgan fingerprint density at radius 3 is 2.78 bits per heavy atom. The van der Waals surface area contributed by atoms with Crippen molar-refractivity contribution in [1.82, 2.24) is 0 Å². The Morgan fingerprint density at radius 1 is 1.11 bits per heavy atom. The molecule has 0 saturated carbocycles.